The minimum absolute atomic E-state index is 0.119. The van der Waals surface area contributed by atoms with Gasteiger partial charge in [-0.25, -0.2) is 4.39 Å². The molecule has 5 nitrogen and oxygen atoms in total. The molecular formula is C29H33ClF3NO4. The first-order valence-corrected chi connectivity index (χ1v) is 13.6. The number of carbonyl (C=O) groups is 1. The van der Waals surface area contributed by atoms with E-state index in [-0.39, 0.29) is 29.4 Å². The van der Waals surface area contributed by atoms with Crippen molar-refractivity contribution in [2.24, 2.45) is 11.8 Å². The Morgan fingerprint density at radius 3 is 2.58 bits per heavy atom. The summed E-state index contributed by atoms with van der Waals surface area (Å²) in [5, 5.41) is 0.458. The molecule has 1 saturated carbocycles. The maximum atomic E-state index is 16.0. The lowest BCUT2D eigenvalue weighted by Gasteiger charge is -2.45. The molecular weight excluding hydrogens is 519 g/mol. The SMILES string of the molecule is COC(=O)[C@@H](C)[C@H](c1ccc2c(c1F)OC1(CC2)CCN(Cc2cc(Cl)ccc2OC(F)F)CC1)C1CC1. The monoisotopic (exact) mass is 551 g/mol. The van der Waals surface area contributed by atoms with Gasteiger partial charge in [-0.3, -0.25) is 9.69 Å². The number of aryl methyl sites for hydroxylation is 1. The van der Waals surface area contributed by atoms with Crippen molar-refractivity contribution < 1.29 is 32.2 Å². The van der Waals surface area contributed by atoms with Crippen molar-refractivity contribution in [1.29, 1.82) is 0 Å². The average molecular weight is 552 g/mol. The molecule has 9 heteroatoms. The highest BCUT2D eigenvalue weighted by molar-refractivity contribution is 6.30. The molecule has 0 unspecified atom stereocenters. The number of likely N-dealkylation sites (tertiary alicyclic amines) is 1. The first-order chi connectivity index (χ1) is 18.2. The fourth-order valence-electron chi connectivity index (χ4n) is 6.12. The second kappa shape index (κ2) is 11.0. The van der Waals surface area contributed by atoms with Crippen molar-refractivity contribution in [3.05, 3.63) is 57.9 Å². The van der Waals surface area contributed by atoms with Crippen LogP contribution >= 0.6 is 11.6 Å². The Bertz CT molecular complexity index is 1180. The normalized spacial score (nSPS) is 20.5. The number of piperidine rings is 1. The second-order valence-corrected chi connectivity index (χ2v) is 11.3. The quantitative estimate of drug-likeness (QED) is 0.340. The molecule has 38 heavy (non-hydrogen) atoms. The smallest absolute Gasteiger partial charge is 0.387 e. The number of alkyl halides is 2. The minimum Gasteiger partial charge on any atom is -0.484 e. The van der Waals surface area contributed by atoms with E-state index >= 15 is 4.39 Å². The fraction of sp³-hybridized carbons (Fsp3) is 0.552. The van der Waals surface area contributed by atoms with E-state index in [9.17, 15) is 13.6 Å². The molecule has 0 radical (unpaired) electrons. The van der Waals surface area contributed by atoms with Gasteiger partial charge in [0.25, 0.3) is 0 Å². The van der Waals surface area contributed by atoms with Gasteiger partial charge < -0.3 is 14.2 Å². The molecule has 206 valence electrons. The predicted octanol–water partition coefficient (Wildman–Crippen LogP) is 6.74. The topological polar surface area (TPSA) is 48.0 Å². The van der Waals surface area contributed by atoms with Crippen LogP contribution in [0.3, 0.4) is 0 Å². The van der Waals surface area contributed by atoms with Gasteiger partial charge in [0.1, 0.15) is 11.4 Å². The summed E-state index contributed by atoms with van der Waals surface area (Å²) in [4.78, 5) is 14.5. The zero-order valence-corrected chi connectivity index (χ0v) is 22.4. The van der Waals surface area contributed by atoms with Crippen molar-refractivity contribution in [2.45, 2.75) is 70.1 Å². The summed E-state index contributed by atoms with van der Waals surface area (Å²) in [6, 6.07) is 8.42. The van der Waals surface area contributed by atoms with Crippen LogP contribution in [-0.2, 0) is 22.5 Å². The summed E-state index contributed by atoms with van der Waals surface area (Å²) in [6.07, 6.45) is 4.82. The van der Waals surface area contributed by atoms with Crippen LogP contribution in [0.25, 0.3) is 0 Å². The number of carbonyl (C=O) groups excluding carboxylic acids is 1. The third kappa shape index (κ3) is 5.62. The van der Waals surface area contributed by atoms with Gasteiger partial charge in [-0.1, -0.05) is 30.7 Å². The zero-order valence-electron chi connectivity index (χ0n) is 21.7. The molecule has 0 amide bonds. The molecule has 2 fully saturated rings. The Hall–Kier alpha value is -2.45. The van der Waals surface area contributed by atoms with Gasteiger partial charge in [0.2, 0.25) is 0 Å². The zero-order chi connectivity index (χ0) is 27.0. The summed E-state index contributed by atoms with van der Waals surface area (Å²) in [5.74, 6) is -0.663. The third-order valence-corrected chi connectivity index (χ3v) is 8.61. The number of esters is 1. The highest BCUT2D eigenvalue weighted by Gasteiger charge is 2.44. The van der Waals surface area contributed by atoms with E-state index in [1.165, 1.54) is 19.2 Å². The van der Waals surface area contributed by atoms with Crippen LogP contribution in [-0.4, -0.2) is 43.3 Å². The molecule has 0 N–H and O–H groups in total. The average Bonchev–Trinajstić information content (AvgIpc) is 3.73. The van der Waals surface area contributed by atoms with Crippen LogP contribution in [0.4, 0.5) is 13.2 Å². The van der Waals surface area contributed by atoms with E-state index in [0.717, 1.165) is 24.8 Å². The number of rotatable bonds is 8. The van der Waals surface area contributed by atoms with Crippen LogP contribution in [0, 0.1) is 17.7 Å². The summed E-state index contributed by atoms with van der Waals surface area (Å²) in [5.41, 5.74) is 1.51. The number of ether oxygens (including phenoxy) is 3. The van der Waals surface area contributed by atoms with Gasteiger partial charge in [-0.05, 0) is 73.8 Å². The summed E-state index contributed by atoms with van der Waals surface area (Å²) in [6.45, 7) is 0.652. The Labute approximate surface area is 226 Å². The Balaban J connectivity index is 1.31. The molecule has 1 saturated heterocycles. The van der Waals surface area contributed by atoms with E-state index in [0.29, 0.717) is 60.8 Å². The Kier molecular flexibility index (Phi) is 7.83. The third-order valence-electron chi connectivity index (χ3n) is 8.38. The van der Waals surface area contributed by atoms with Crippen molar-refractivity contribution in [1.82, 2.24) is 4.90 Å². The highest BCUT2D eigenvalue weighted by Crippen LogP contribution is 2.50. The molecule has 1 spiro atoms. The molecule has 0 aromatic heterocycles. The number of fused-ring (bicyclic) bond motifs is 1. The van der Waals surface area contributed by atoms with Gasteiger partial charge in [0, 0.05) is 36.1 Å². The fourth-order valence-corrected chi connectivity index (χ4v) is 6.31. The summed E-state index contributed by atoms with van der Waals surface area (Å²) < 4.78 is 57.9. The van der Waals surface area contributed by atoms with Crippen molar-refractivity contribution >= 4 is 17.6 Å². The number of hydrogen-bond donors (Lipinski definition) is 0. The van der Waals surface area contributed by atoms with Crippen LogP contribution in [0.1, 0.15) is 61.6 Å². The van der Waals surface area contributed by atoms with E-state index in [4.69, 9.17) is 21.1 Å². The standard InChI is InChI=1S/C29H33ClF3NO4/c1-17(27(35)36-2)24(18-3-4-18)22-7-5-19-9-10-29(38-26(19)25(22)31)11-13-34(14-12-29)16-20-15-21(30)6-8-23(20)37-28(32)33/h5-8,15,17-18,24,28H,3-4,9-14,16H2,1-2H3/t17-,24-/m0/s1. The van der Waals surface area contributed by atoms with Gasteiger partial charge in [-0.15, -0.1) is 0 Å². The molecule has 2 heterocycles. The highest BCUT2D eigenvalue weighted by atomic mass is 35.5. The molecule has 2 aromatic rings. The first kappa shape index (κ1) is 27.1. The maximum Gasteiger partial charge on any atom is 0.387 e. The molecule has 2 aliphatic heterocycles. The van der Waals surface area contributed by atoms with Gasteiger partial charge in [0.15, 0.2) is 11.6 Å². The molecule has 2 atom stereocenters. The van der Waals surface area contributed by atoms with Crippen LogP contribution in [0.5, 0.6) is 11.5 Å². The molecule has 0 bridgehead atoms. The Morgan fingerprint density at radius 1 is 1.18 bits per heavy atom. The van der Waals surface area contributed by atoms with E-state index in [1.807, 2.05) is 19.1 Å². The van der Waals surface area contributed by atoms with E-state index in [2.05, 4.69) is 9.64 Å². The van der Waals surface area contributed by atoms with Crippen molar-refractivity contribution in [2.75, 3.05) is 20.2 Å². The first-order valence-electron chi connectivity index (χ1n) is 13.2. The maximum absolute atomic E-state index is 16.0. The van der Waals surface area contributed by atoms with Gasteiger partial charge in [-0.2, -0.15) is 8.78 Å². The molecule has 5 rings (SSSR count). The van der Waals surface area contributed by atoms with E-state index in [1.54, 1.807) is 6.07 Å². The van der Waals surface area contributed by atoms with Gasteiger partial charge in [0.05, 0.1) is 13.0 Å². The Morgan fingerprint density at radius 2 is 1.92 bits per heavy atom. The second-order valence-electron chi connectivity index (χ2n) is 10.8. The summed E-state index contributed by atoms with van der Waals surface area (Å²) >= 11 is 6.11. The lowest BCUT2D eigenvalue weighted by molar-refractivity contribution is -0.145. The minimum atomic E-state index is -2.91. The lowest BCUT2D eigenvalue weighted by atomic mass is 9.80. The summed E-state index contributed by atoms with van der Waals surface area (Å²) in [7, 11) is 1.37. The largest absolute Gasteiger partial charge is 0.484 e. The van der Waals surface area contributed by atoms with Crippen molar-refractivity contribution in [3.8, 4) is 11.5 Å². The van der Waals surface area contributed by atoms with Gasteiger partial charge >= 0.3 is 12.6 Å². The molecule has 2 aromatic carbocycles. The predicted molar refractivity (Wildman–Crippen MR) is 137 cm³/mol. The molecule has 3 aliphatic rings. The van der Waals surface area contributed by atoms with Crippen molar-refractivity contribution in [3.63, 3.8) is 0 Å². The number of hydrogen-bond acceptors (Lipinski definition) is 5. The van der Waals surface area contributed by atoms with Crippen LogP contribution in [0.2, 0.25) is 5.02 Å². The number of methoxy groups -OCH3 is 1. The van der Waals surface area contributed by atoms with Crippen LogP contribution in [0.15, 0.2) is 30.3 Å². The molecule has 1 aliphatic carbocycles. The lowest BCUT2D eigenvalue weighted by Crippen LogP contribution is -2.49. The van der Waals surface area contributed by atoms with Crippen LogP contribution < -0.4 is 9.47 Å². The van der Waals surface area contributed by atoms with E-state index < -0.39 is 18.1 Å². The number of halogens is 4. The number of benzene rings is 2. The number of nitrogens with zero attached hydrogens (tertiary/aromatic N) is 1.